The third kappa shape index (κ3) is 4.16. The van der Waals surface area contributed by atoms with Crippen LogP contribution in [0, 0.1) is 0 Å². The number of rotatable bonds is 6. The van der Waals surface area contributed by atoms with E-state index in [-0.39, 0.29) is 11.7 Å². The fraction of sp³-hybridized carbons (Fsp3) is 0.0417. The Labute approximate surface area is 190 Å². The summed E-state index contributed by atoms with van der Waals surface area (Å²) in [6.07, 6.45) is 4.39. The van der Waals surface area contributed by atoms with Gasteiger partial charge in [-0.05, 0) is 41.4 Å². The monoisotopic (exact) mass is 435 g/mol. The molecule has 0 spiro atoms. The van der Waals surface area contributed by atoms with E-state index in [1.54, 1.807) is 34.8 Å². The second kappa shape index (κ2) is 8.54. The lowest BCUT2D eigenvalue weighted by molar-refractivity contribution is 0.102. The normalized spacial score (nSPS) is 10.9. The van der Waals surface area contributed by atoms with Gasteiger partial charge in [-0.3, -0.25) is 4.79 Å². The SMILES string of the molecule is [B]c1cnn2c(NCc3cccc(NC(=O)c4ccoc4)c3)cc(-c3ccccc3O)nc12. The molecule has 3 heterocycles. The molecule has 2 radical (unpaired) electrons. The number of phenols is 1. The standard InChI is InChI=1S/C24H18BN5O3/c25-19-13-27-30-22(11-20(29-23(19)30)18-6-1-2-7-21(18)31)26-12-15-4-3-5-17(10-15)28-24(32)16-8-9-33-14-16/h1-11,13-14,26,31H,12H2,(H,28,32). The van der Waals surface area contributed by atoms with Crippen molar-refractivity contribution in [1.29, 1.82) is 0 Å². The maximum atomic E-state index is 12.3. The molecule has 0 saturated heterocycles. The van der Waals surface area contributed by atoms with Crippen molar-refractivity contribution in [2.24, 2.45) is 0 Å². The molecular formula is C24H18BN5O3. The number of anilines is 2. The number of fused-ring (bicyclic) bond motifs is 1. The molecule has 0 bridgehead atoms. The number of nitrogens with one attached hydrogen (secondary N) is 2. The minimum absolute atomic E-state index is 0.124. The third-order valence-corrected chi connectivity index (χ3v) is 5.12. The Hall–Kier alpha value is -4.53. The Bertz CT molecular complexity index is 1450. The summed E-state index contributed by atoms with van der Waals surface area (Å²) in [6.45, 7) is 0.453. The molecule has 1 amide bonds. The maximum absolute atomic E-state index is 12.3. The van der Waals surface area contributed by atoms with Crippen LogP contribution >= 0.6 is 0 Å². The van der Waals surface area contributed by atoms with Gasteiger partial charge >= 0.3 is 0 Å². The van der Waals surface area contributed by atoms with E-state index in [9.17, 15) is 9.90 Å². The molecule has 160 valence electrons. The fourth-order valence-corrected chi connectivity index (χ4v) is 3.48. The summed E-state index contributed by atoms with van der Waals surface area (Å²) < 4.78 is 6.58. The number of nitrogens with zero attached hydrogens (tertiary/aromatic N) is 3. The van der Waals surface area contributed by atoms with Crippen molar-refractivity contribution in [3.63, 3.8) is 0 Å². The highest BCUT2D eigenvalue weighted by Crippen LogP contribution is 2.29. The van der Waals surface area contributed by atoms with Crippen LogP contribution < -0.4 is 16.1 Å². The minimum Gasteiger partial charge on any atom is -0.507 e. The summed E-state index contributed by atoms with van der Waals surface area (Å²) in [5.74, 6) is 0.534. The van der Waals surface area contributed by atoms with Crippen LogP contribution in [0.2, 0.25) is 0 Å². The Morgan fingerprint density at radius 2 is 2.00 bits per heavy atom. The number of hydrogen-bond donors (Lipinski definition) is 3. The molecule has 3 aromatic heterocycles. The topological polar surface area (TPSA) is 105 Å². The molecule has 0 saturated carbocycles. The average molecular weight is 435 g/mol. The second-order valence-electron chi connectivity index (χ2n) is 7.40. The number of aromatic hydroxyl groups is 1. The number of phenolic OH excluding ortho intramolecular Hbond substituents is 1. The predicted octanol–water partition coefficient (Wildman–Crippen LogP) is 3.35. The highest BCUT2D eigenvalue weighted by atomic mass is 16.3. The Balaban J connectivity index is 1.41. The average Bonchev–Trinajstić information content (AvgIpc) is 3.49. The molecule has 5 rings (SSSR count). The van der Waals surface area contributed by atoms with Gasteiger partial charge < -0.3 is 20.2 Å². The van der Waals surface area contributed by atoms with Crippen LogP contribution in [0.3, 0.4) is 0 Å². The maximum Gasteiger partial charge on any atom is 0.258 e. The van der Waals surface area contributed by atoms with Gasteiger partial charge in [0.15, 0.2) is 5.65 Å². The summed E-state index contributed by atoms with van der Waals surface area (Å²) in [7, 11) is 6.06. The number of para-hydroxylation sites is 1. The van der Waals surface area contributed by atoms with Gasteiger partial charge in [0.2, 0.25) is 0 Å². The summed E-state index contributed by atoms with van der Waals surface area (Å²) in [4.78, 5) is 16.8. The Morgan fingerprint density at radius 1 is 1.12 bits per heavy atom. The number of carbonyl (C=O) groups is 1. The molecule has 0 aliphatic rings. The molecule has 2 aromatic carbocycles. The van der Waals surface area contributed by atoms with Crippen LogP contribution in [0.4, 0.5) is 11.5 Å². The minimum atomic E-state index is -0.246. The van der Waals surface area contributed by atoms with E-state index in [2.05, 4.69) is 20.7 Å². The number of aromatic nitrogens is 3. The zero-order valence-corrected chi connectivity index (χ0v) is 17.4. The molecule has 8 nitrogen and oxygen atoms in total. The molecule has 0 aliphatic heterocycles. The van der Waals surface area contributed by atoms with E-state index in [4.69, 9.17) is 12.3 Å². The molecule has 33 heavy (non-hydrogen) atoms. The zero-order valence-electron chi connectivity index (χ0n) is 17.4. The first-order chi connectivity index (χ1) is 16.1. The number of carbonyl (C=O) groups excluding carboxylic acids is 1. The smallest absolute Gasteiger partial charge is 0.258 e. The van der Waals surface area contributed by atoms with Crippen LogP contribution in [0.15, 0.2) is 83.8 Å². The van der Waals surface area contributed by atoms with Crippen molar-refractivity contribution in [3.05, 3.63) is 90.5 Å². The molecule has 0 fully saturated rings. The predicted molar refractivity (Wildman–Crippen MR) is 126 cm³/mol. The largest absolute Gasteiger partial charge is 0.507 e. The Morgan fingerprint density at radius 3 is 2.82 bits per heavy atom. The van der Waals surface area contributed by atoms with E-state index < -0.39 is 0 Å². The number of hydrogen-bond acceptors (Lipinski definition) is 6. The highest BCUT2D eigenvalue weighted by molar-refractivity contribution is 6.36. The third-order valence-electron chi connectivity index (χ3n) is 5.12. The molecule has 0 unspecified atom stereocenters. The molecule has 9 heteroatoms. The quantitative estimate of drug-likeness (QED) is 0.354. The van der Waals surface area contributed by atoms with Crippen molar-refractivity contribution < 1.29 is 14.3 Å². The number of benzene rings is 2. The van der Waals surface area contributed by atoms with Crippen molar-refractivity contribution in [2.45, 2.75) is 6.54 Å². The van der Waals surface area contributed by atoms with Gasteiger partial charge in [0.05, 0.1) is 17.5 Å². The van der Waals surface area contributed by atoms with Crippen LogP contribution in [0.1, 0.15) is 15.9 Å². The van der Waals surface area contributed by atoms with Gasteiger partial charge in [0.25, 0.3) is 5.91 Å². The van der Waals surface area contributed by atoms with E-state index >= 15 is 0 Å². The summed E-state index contributed by atoms with van der Waals surface area (Å²) >= 11 is 0. The lowest BCUT2D eigenvalue weighted by atomic mass is 10.0. The Kier molecular flexibility index (Phi) is 5.28. The van der Waals surface area contributed by atoms with Crippen molar-refractivity contribution >= 4 is 36.4 Å². The van der Waals surface area contributed by atoms with Crippen molar-refractivity contribution in [3.8, 4) is 17.0 Å². The first kappa shape index (κ1) is 20.4. The van der Waals surface area contributed by atoms with Gasteiger partial charge in [-0.1, -0.05) is 24.3 Å². The van der Waals surface area contributed by atoms with Gasteiger partial charge in [-0.15, -0.1) is 0 Å². The number of furan rings is 1. The van der Waals surface area contributed by atoms with Crippen molar-refractivity contribution in [2.75, 3.05) is 10.6 Å². The van der Waals surface area contributed by atoms with Gasteiger partial charge in [-0.2, -0.15) is 9.61 Å². The fourth-order valence-electron chi connectivity index (χ4n) is 3.48. The molecule has 0 aliphatic carbocycles. The molecule has 0 atom stereocenters. The van der Waals surface area contributed by atoms with Crippen LogP contribution in [0.5, 0.6) is 5.75 Å². The summed E-state index contributed by atoms with van der Waals surface area (Å²) in [5.41, 5.74) is 4.13. The zero-order chi connectivity index (χ0) is 22.8. The van der Waals surface area contributed by atoms with Gasteiger partial charge in [0, 0.05) is 30.1 Å². The van der Waals surface area contributed by atoms with E-state index in [1.165, 1.54) is 18.7 Å². The number of amides is 1. The van der Waals surface area contributed by atoms with Crippen LogP contribution in [-0.4, -0.2) is 33.5 Å². The second-order valence-corrected chi connectivity index (χ2v) is 7.40. The summed E-state index contributed by atoms with van der Waals surface area (Å²) in [5, 5.41) is 20.8. The summed E-state index contributed by atoms with van der Waals surface area (Å²) in [6, 6.07) is 17.9. The first-order valence-corrected chi connectivity index (χ1v) is 10.2. The molecule has 5 aromatic rings. The van der Waals surface area contributed by atoms with Gasteiger partial charge in [-0.25, -0.2) is 4.98 Å². The van der Waals surface area contributed by atoms with Gasteiger partial charge in [0.1, 0.15) is 25.7 Å². The van der Waals surface area contributed by atoms with Crippen LogP contribution in [0.25, 0.3) is 16.9 Å². The van der Waals surface area contributed by atoms with Crippen LogP contribution in [-0.2, 0) is 6.54 Å². The van der Waals surface area contributed by atoms with E-state index in [1.807, 2.05) is 30.3 Å². The lowest BCUT2D eigenvalue weighted by Crippen LogP contribution is -2.12. The van der Waals surface area contributed by atoms with Crippen molar-refractivity contribution in [1.82, 2.24) is 14.6 Å². The molecular weight excluding hydrogens is 417 g/mol. The first-order valence-electron chi connectivity index (χ1n) is 10.2. The molecule has 3 N–H and O–H groups in total. The highest BCUT2D eigenvalue weighted by Gasteiger charge is 2.13. The van der Waals surface area contributed by atoms with E-state index in [0.29, 0.717) is 46.0 Å². The van der Waals surface area contributed by atoms with E-state index in [0.717, 1.165) is 5.56 Å². The lowest BCUT2D eigenvalue weighted by Gasteiger charge is -2.13.